The van der Waals surface area contributed by atoms with Crippen molar-refractivity contribution in [1.82, 2.24) is 4.90 Å². The summed E-state index contributed by atoms with van der Waals surface area (Å²) in [6.07, 6.45) is 0. The van der Waals surface area contributed by atoms with E-state index < -0.39 is 0 Å². The lowest BCUT2D eigenvalue weighted by molar-refractivity contribution is -0.118. The van der Waals surface area contributed by atoms with Crippen molar-refractivity contribution in [2.75, 3.05) is 13.6 Å². The molecular formula is C12H23NO. The van der Waals surface area contributed by atoms with Gasteiger partial charge in [-0.2, -0.15) is 0 Å². The number of hydrogen-bond donors (Lipinski definition) is 0. The van der Waals surface area contributed by atoms with Gasteiger partial charge in [0.2, 0.25) is 0 Å². The highest BCUT2D eigenvalue weighted by Gasteiger charge is 2.20. The summed E-state index contributed by atoms with van der Waals surface area (Å²) in [5, 5.41) is 0. The van der Waals surface area contributed by atoms with Crippen molar-refractivity contribution in [2.45, 2.75) is 40.2 Å². The molecule has 0 aromatic rings. The predicted molar refractivity (Wildman–Crippen MR) is 61.4 cm³/mol. The van der Waals surface area contributed by atoms with E-state index in [1.807, 2.05) is 20.9 Å². The van der Waals surface area contributed by atoms with Crippen molar-refractivity contribution < 1.29 is 4.79 Å². The minimum absolute atomic E-state index is 0.0517. The number of rotatable bonds is 4. The fraction of sp³-hybridized carbons (Fsp3) is 0.750. The molecule has 0 spiro atoms. The predicted octanol–water partition coefficient (Wildman–Crippen LogP) is 2.50. The second-order valence-electron chi connectivity index (χ2n) is 5.15. The summed E-state index contributed by atoms with van der Waals surface area (Å²) in [5.41, 5.74) is 0.789. The van der Waals surface area contributed by atoms with Crippen molar-refractivity contribution in [3.05, 3.63) is 12.2 Å². The first kappa shape index (κ1) is 13.4. The van der Waals surface area contributed by atoms with E-state index in [9.17, 15) is 4.79 Å². The summed E-state index contributed by atoms with van der Waals surface area (Å²) in [7, 11) is 2.01. The van der Waals surface area contributed by atoms with Crippen LogP contribution in [0.3, 0.4) is 0 Å². The summed E-state index contributed by atoms with van der Waals surface area (Å²) in [5.74, 6) is 0.219. The molecule has 0 heterocycles. The third kappa shape index (κ3) is 4.05. The average Bonchev–Trinajstić information content (AvgIpc) is 2.00. The number of carbonyl (C=O) groups excluding carboxylic acids is 1. The van der Waals surface area contributed by atoms with Crippen LogP contribution in [0.4, 0.5) is 0 Å². The molecule has 0 saturated heterocycles. The van der Waals surface area contributed by atoms with Gasteiger partial charge in [-0.3, -0.25) is 9.69 Å². The Morgan fingerprint density at radius 3 is 2.07 bits per heavy atom. The lowest BCUT2D eigenvalue weighted by atomic mass is 10.00. The van der Waals surface area contributed by atoms with Crippen LogP contribution in [-0.2, 0) is 4.79 Å². The highest BCUT2D eigenvalue weighted by molar-refractivity contribution is 5.96. The molecule has 0 aliphatic heterocycles. The molecule has 0 bridgehead atoms. The smallest absolute Gasteiger partial charge is 0.162 e. The third-order valence-corrected chi connectivity index (χ3v) is 2.45. The van der Waals surface area contributed by atoms with Crippen LogP contribution in [0.25, 0.3) is 0 Å². The van der Waals surface area contributed by atoms with Crippen molar-refractivity contribution in [1.29, 1.82) is 0 Å². The maximum atomic E-state index is 11.6. The molecule has 0 fully saturated rings. The Morgan fingerprint density at radius 1 is 1.36 bits per heavy atom. The van der Waals surface area contributed by atoms with Crippen LogP contribution in [0, 0.1) is 5.92 Å². The first-order valence-corrected chi connectivity index (χ1v) is 5.09. The van der Waals surface area contributed by atoms with E-state index in [0.717, 1.165) is 0 Å². The van der Waals surface area contributed by atoms with Crippen molar-refractivity contribution in [3.8, 4) is 0 Å². The Labute approximate surface area is 88.0 Å². The molecule has 0 atom stereocenters. The number of likely N-dealkylation sites (N-methyl/N-ethyl adjacent to an activating group) is 1. The Kier molecular flexibility index (Phi) is 4.53. The largest absolute Gasteiger partial charge is 0.297 e. The topological polar surface area (TPSA) is 20.3 Å². The molecular weight excluding hydrogens is 174 g/mol. The van der Waals surface area contributed by atoms with Crippen LogP contribution in [-0.4, -0.2) is 29.8 Å². The molecule has 0 amide bonds. The highest BCUT2D eigenvalue weighted by Crippen LogP contribution is 2.13. The van der Waals surface area contributed by atoms with Gasteiger partial charge in [0.25, 0.3) is 0 Å². The lowest BCUT2D eigenvalue weighted by Crippen LogP contribution is -2.40. The van der Waals surface area contributed by atoms with E-state index in [1.165, 1.54) is 0 Å². The Balaban J connectivity index is 4.28. The first-order valence-electron chi connectivity index (χ1n) is 5.09. The molecule has 0 aliphatic rings. The zero-order chi connectivity index (χ0) is 11.5. The number of Topliss-reactive ketones (excluding diaryl/α,β-unsaturated/α-hetero) is 1. The molecule has 0 rings (SSSR count). The van der Waals surface area contributed by atoms with Gasteiger partial charge in [0.1, 0.15) is 0 Å². The van der Waals surface area contributed by atoms with Crippen molar-refractivity contribution >= 4 is 5.78 Å². The monoisotopic (exact) mass is 197 g/mol. The van der Waals surface area contributed by atoms with Gasteiger partial charge >= 0.3 is 0 Å². The van der Waals surface area contributed by atoms with Gasteiger partial charge in [-0.15, -0.1) is 0 Å². The SMILES string of the molecule is C=C(CN(C)C(C)(C)C)C(=O)C(C)C. The van der Waals surface area contributed by atoms with Crippen LogP contribution in [0.5, 0.6) is 0 Å². The standard InChI is InChI=1S/C12H23NO/c1-9(2)11(14)10(3)8-13(7)12(4,5)6/h9H,3,8H2,1-2,4-7H3. The van der Waals surface area contributed by atoms with Crippen molar-refractivity contribution in [3.63, 3.8) is 0 Å². The average molecular weight is 197 g/mol. The van der Waals surface area contributed by atoms with Crippen LogP contribution < -0.4 is 0 Å². The molecule has 0 saturated carbocycles. The van der Waals surface area contributed by atoms with E-state index in [4.69, 9.17) is 0 Å². The number of nitrogens with zero attached hydrogens (tertiary/aromatic N) is 1. The summed E-state index contributed by atoms with van der Waals surface area (Å²) in [4.78, 5) is 13.7. The molecule has 2 nitrogen and oxygen atoms in total. The fourth-order valence-corrected chi connectivity index (χ4v) is 1.01. The lowest BCUT2D eigenvalue weighted by Gasteiger charge is -2.32. The van der Waals surface area contributed by atoms with Gasteiger partial charge in [-0.05, 0) is 27.8 Å². The van der Waals surface area contributed by atoms with Gasteiger partial charge in [-0.1, -0.05) is 20.4 Å². The molecule has 82 valence electrons. The minimum atomic E-state index is 0.0517. The minimum Gasteiger partial charge on any atom is -0.297 e. The van der Waals surface area contributed by atoms with Crippen LogP contribution in [0.1, 0.15) is 34.6 Å². The van der Waals surface area contributed by atoms with E-state index in [2.05, 4.69) is 32.3 Å². The van der Waals surface area contributed by atoms with Gasteiger partial charge in [0.05, 0.1) is 0 Å². The quantitative estimate of drug-likeness (QED) is 0.645. The zero-order valence-electron chi connectivity index (χ0n) is 10.3. The molecule has 0 aliphatic carbocycles. The number of hydrogen-bond acceptors (Lipinski definition) is 2. The molecule has 14 heavy (non-hydrogen) atoms. The van der Waals surface area contributed by atoms with E-state index in [0.29, 0.717) is 12.1 Å². The zero-order valence-corrected chi connectivity index (χ0v) is 10.3. The third-order valence-electron chi connectivity index (χ3n) is 2.45. The van der Waals surface area contributed by atoms with Crippen LogP contribution in [0.2, 0.25) is 0 Å². The maximum Gasteiger partial charge on any atom is 0.162 e. The maximum absolute atomic E-state index is 11.6. The van der Waals surface area contributed by atoms with Crippen molar-refractivity contribution in [2.24, 2.45) is 5.92 Å². The highest BCUT2D eigenvalue weighted by atomic mass is 16.1. The van der Waals surface area contributed by atoms with Crippen LogP contribution in [0.15, 0.2) is 12.2 Å². The molecule has 2 heteroatoms. The first-order chi connectivity index (χ1) is 6.16. The molecule has 0 N–H and O–H groups in total. The Bertz CT molecular complexity index is 223. The van der Waals surface area contributed by atoms with E-state index in [1.54, 1.807) is 0 Å². The molecule has 0 aromatic heterocycles. The van der Waals surface area contributed by atoms with E-state index in [-0.39, 0.29) is 17.2 Å². The summed E-state index contributed by atoms with van der Waals surface area (Å²) in [6.45, 7) is 14.7. The number of ketones is 1. The fourth-order valence-electron chi connectivity index (χ4n) is 1.01. The normalized spacial score (nSPS) is 12.3. The van der Waals surface area contributed by atoms with Crippen LogP contribution >= 0.6 is 0 Å². The van der Waals surface area contributed by atoms with Gasteiger partial charge < -0.3 is 0 Å². The molecule has 0 unspecified atom stereocenters. The molecule has 0 aromatic carbocycles. The summed E-state index contributed by atoms with van der Waals surface area (Å²) < 4.78 is 0. The van der Waals surface area contributed by atoms with Gasteiger partial charge in [0, 0.05) is 23.6 Å². The second kappa shape index (κ2) is 4.74. The number of carbonyl (C=O) groups is 1. The second-order valence-corrected chi connectivity index (χ2v) is 5.15. The molecule has 0 radical (unpaired) electrons. The van der Waals surface area contributed by atoms with E-state index >= 15 is 0 Å². The van der Waals surface area contributed by atoms with Gasteiger partial charge in [-0.25, -0.2) is 0 Å². The Morgan fingerprint density at radius 2 is 1.79 bits per heavy atom. The summed E-state index contributed by atoms with van der Waals surface area (Å²) in [6, 6.07) is 0. The Hall–Kier alpha value is -0.630. The van der Waals surface area contributed by atoms with Gasteiger partial charge in [0.15, 0.2) is 5.78 Å². The summed E-state index contributed by atoms with van der Waals surface area (Å²) >= 11 is 0.